The fraction of sp³-hybridized carbons (Fsp3) is 0.792. The van der Waals surface area contributed by atoms with E-state index in [1.54, 1.807) is 61.5 Å². The van der Waals surface area contributed by atoms with Crippen molar-refractivity contribution in [1.82, 2.24) is 9.80 Å². The van der Waals surface area contributed by atoms with Gasteiger partial charge in [-0.2, -0.15) is 0 Å². The van der Waals surface area contributed by atoms with Gasteiger partial charge in [0, 0.05) is 24.8 Å². The molecule has 33 heavy (non-hydrogen) atoms. The fourth-order valence-electron chi connectivity index (χ4n) is 2.59. The van der Waals surface area contributed by atoms with E-state index < -0.39 is 35.0 Å². The Kier molecular flexibility index (Phi) is 11.1. The number of ether oxygens (including phenoxy) is 3. The second-order valence-electron chi connectivity index (χ2n) is 11.3. The van der Waals surface area contributed by atoms with Gasteiger partial charge in [0.15, 0.2) is 0 Å². The molecule has 0 unspecified atom stereocenters. The highest BCUT2D eigenvalue weighted by Gasteiger charge is 2.36. The summed E-state index contributed by atoms with van der Waals surface area (Å²) in [6.07, 6.45) is 1.77. The van der Waals surface area contributed by atoms with Crippen LogP contribution in [0, 0.1) is 0 Å². The van der Waals surface area contributed by atoms with E-state index in [0.29, 0.717) is 19.6 Å². The van der Waals surface area contributed by atoms with Crippen molar-refractivity contribution in [3.63, 3.8) is 0 Å². The number of imide groups is 1. The Hall–Kier alpha value is -2.13. The van der Waals surface area contributed by atoms with Crippen molar-refractivity contribution in [3.05, 3.63) is 12.2 Å². The molecule has 0 atom stereocenters. The van der Waals surface area contributed by atoms with Crippen molar-refractivity contribution < 1.29 is 33.7 Å². The molecule has 2 amide bonds. The molecule has 0 spiro atoms. The van der Waals surface area contributed by atoms with E-state index in [1.807, 2.05) is 25.8 Å². The first-order valence-electron chi connectivity index (χ1n) is 11.1. The van der Waals surface area contributed by atoms with E-state index in [0.717, 1.165) is 11.0 Å². The topological polar surface area (TPSA) is 106 Å². The van der Waals surface area contributed by atoms with Crippen LogP contribution in [0.1, 0.15) is 75.7 Å². The minimum absolute atomic E-state index is 0.0472. The Balaban J connectivity index is 5.20. The molecule has 192 valence electrons. The van der Waals surface area contributed by atoms with Crippen LogP contribution in [-0.4, -0.2) is 82.1 Å². The van der Waals surface area contributed by atoms with Crippen LogP contribution in [0.4, 0.5) is 9.59 Å². The van der Waals surface area contributed by atoms with Gasteiger partial charge in [0.2, 0.25) is 0 Å². The molecular weight excluding hydrogens is 428 g/mol. The van der Waals surface area contributed by atoms with Crippen molar-refractivity contribution in [2.75, 3.05) is 26.7 Å². The third kappa shape index (κ3) is 13.9. The van der Waals surface area contributed by atoms with Crippen molar-refractivity contribution in [2.24, 2.45) is 0 Å². The van der Waals surface area contributed by atoms with Crippen LogP contribution >= 0.6 is 0 Å². The summed E-state index contributed by atoms with van der Waals surface area (Å²) >= 11 is 0. The molecular formula is C24H44N2O7. The number of carboxylic acids is 1. The lowest BCUT2D eigenvalue weighted by Gasteiger charge is -2.37. The van der Waals surface area contributed by atoms with E-state index in [4.69, 9.17) is 19.3 Å². The predicted octanol–water partition coefficient (Wildman–Crippen LogP) is 4.70. The molecule has 9 heteroatoms. The largest absolute Gasteiger partial charge is 0.478 e. The summed E-state index contributed by atoms with van der Waals surface area (Å²) in [5.41, 5.74) is -2.67. The molecule has 0 saturated heterocycles. The fourth-order valence-corrected chi connectivity index (χ4v) is 2.59. The van der Waals surface area contributed by atoms with E-state index in [9.17, 15) is 14.4 Å². The van der Waals surface area contributed by atoms with Gasteiger partial charge >= 0.3 is 18.2 Å². The number of aliphatic carboxylic acids is 1. The second-order valence-corrected chi connectivity index (χ2v) is 11.3. The molecule has 0 aromatic heterocycles. The maximum Gasteiger partial charge on any atom is 0.419 e. The van der Waals surface area contributed by atoms with Crippen LogP contribution in [0.15, 0.2) is 12.2 Å². The van der Waals surface area contributed by atoms with Crippen molar-refractivity contribution in [1.29, 1.82) is 0 Å². The maximum absolute atomic E-state index is 12.7. The quantitative estimate of drug-likeness (QED) is 0.456. The Morgan fingerprint density at radius 1 is 0.848 bits per heavy atom. The third-order valence-corrected chi connectivity index (χ3v) is 4.65. The van der Waals surface area contributed by atoms with Crippen molar-refractivity contribution in [3.8, 4) is 0 Å². The molecule has 0 aliphatic rings. The second kappa shape index (κ2) is 11.8. The molecule has 0 heterocycles. The summed E-state index contributed by atoms with van der Waals surface area (Å²) in [4.78, 5) is 39.1. The lowest BCUT2D eigenvalue weighted by Crippen LogP contribution is -2.50. The highest BCUT2D eigenvalue weighted by atomic mass is 16.6. The Morgan fingerprint density at radius 2 is 1.30 bits per heavy atom. The predicted molar refractivity (Wildman–Crippen MR) is 127 cm³/mol. The summed E-state index contributed by atoms with van der Waals surface area (Å²) in [6, 6.07) is 0. The standard InChI is InChI=1S/C24H44N2O7/c1-21(2,3)32-19(29)26(20(30)33-22(4,5)6)17-24(9,10)31-16-14-23(7,8)25(11)15-12-13-18(27)28/h12-13H,14-17H2,1-11H3,(H,27,28)/b13-12+. The molecule has 0 radical (unpaired) electrons. The number of carboxylic acid groups (broad SMARTS) is 1. The molecule has 0 aliphatic carbocycles. The monoisotopic (exact) mass is 472 g/mol. The molecule has 0 aliphatic heterocycles. The van der Waals surface area contributed by atoms with Gasteiger partial charge in [-0.1, -0.05) is 6.08 Å². The van der Waals surface area contributed by atoms with Gasteiger partial charge in [-0.05, 0) is 82.7 Å². The zero-order valence-corrected chi connectivity index (χ0v) is 22.3. The zero-order chi connectivity index (χ0) is 26.3. The average molecular weight is 473 g/mol. The summed E-state index contributed by atoms with van der Waals surface area (Å²) in [5, 5.41) is 8.74. The highest BCUT2D eigenvalue weighted by Crippen LogP contribution is 2.22. The number of rotatable bonds is 10. The van der Waals surface area contributed by atoms with E-state index in [-0.39, 0.29) is 12.1 Å². The summed E-state index contributed by atoms with van der Waals surface area (Å²) in [7, 11) is 1.91. The molecule has 0 aromatic rings. The maximum atomic E-state index is 12.7. The van der Waals surface area contributed by atoms with Gasteiger partial charge in [-0.3, -0.25) is 4.90 Å². The van der Waals surface area contributed by atoms with Gasteiger partial charge in [0.05, 0.1) is 12.1 Å². The van der Waals surface area contributed by atoms with Crippen molar-refractivity contribution >= 4 is 18.2 Å². The minimum atomic E-state index is -0.981. The number of nitrogens with zero attached hydrogens (tertiary/aromatic N) is 2. The van der Waals surface area contributed by atoms with E-state index in [1.165, 1.54) is 0 Å². The Labute approximate surface area is 199 Å². The zero-order valence-electron chi connectivity index (χ0n) is 22.3. The Bertz CT molecular complexity index is 673. The molecule has 1 N–H and O–H groups in total. The number of hydrogen-bond acceptors (Lipinski definition) is 7. The van der Waals surface area contributed by atoms with Crippen LogP contribution in [0.3, 0.4) is 0 Å². The van der Waals surface area contributed by atoms with Gasteiger partial charge in [0.25, 0.3) is 0 Å². The van der Waals surface area contributed by atoms with Crippen LogP contribution < -0.4 is 0 Å². The molecule has 0 bridgehead atoms. The molecule has 0 saturated carbocycles. The first-order chi connectivity index (χ1) is 14.7. The minimum Gasteiger partial charge on any atom is -0.478 e. The van der Waals surface area contributed by atoms with Crippen LogP contribution in [0.5, 0.6) is 0 Å². The lowest BCUT2D eigenvalue weighted by atomic mass is 9.99. The number of carbonyl (C=O) groups is 3. The third-order valence-electron chi connectivity index (χ3n) is 4.65. The van der Waals surface area contributed by atoms with Gasteiger partial charge in [-0.25, -0.2) is 19.3 Å². The summed E-state index contributed by atoms with van der Waals surface area (Å²) in [5.74, 6) is -0.981. The van der Waals surface area contributed by atoms with Gasteiger partial charge < -0.3 is 19.3 Å². The molecule has 0 rings (SSSR count). The molecule has 0 fully saturated rings. The number of hydrogen-bond donors (Lipinski definition) is 1. The van der Waals surface area contributed by atoms with Gasteiger partial charge in [0.1, 0.15) is 11.2 Å². The van der Waals surface area contributed by atoms with Crippen LogP contribution in [-0.2, 0) is 19.0 Å². The van der Waals surface area contributed by atoms with E-state index >= 15 is 0 Å². The highest BCUT2D eigenvalue weighted by molar-refractivity contribution is 5.88. The van der Waals surface area contributed by atoms with E-state index in [2.05, 4.69) is 0 Å². The normalized spacial score (nSPS) is 13.3. The average Bonchev–Trinajstić information content (AvgIpc) is 2.55. The summed E-state index contributed by atoms with van der Waals surface area (Å²) in [6.45, 7) is 18.8. The summed E-state index contributed by atoms with van der Waals surface area (Å²) < 4.78 is 16.9. The first-order valence-corrected chi connectivity index (χ1v) is 11.1. The smallest absolute Gasteiger partial charge is 0.419 e. The SMILES string of the molecule is CN(C/C=C/C(=O)O)C(C)(C)CCOC(C)(C)CN(C(=O)OC(C)(C)C)C(=O)OC(C)(C)C. The van der Waals surface area contributed by atoms with Crippen molar-refractivity contribution in [2.45, 2.75) is 98.0 Å². The number of amides is 2. The molecule has 0 aromatic carbocycles. The lowest BCUT2D eigenvalue weighted by molar-refractivity contribution is -0.131. The first kappa shape index (κ1) is 30.9. The Morgan fingerprint density at radius 3 is 1.70 bits per heavy atom. The van der Waals surface area contributed by atoms with Crippen LogP contribution in [0.2, 0.25) is 0 Å². The number of likely N-dealkylation sites (N-methyl/N-ethyl adjacent to an activating group) is 1. The number of carbonyl (C=O) groups excluding carboxylic acids is 2. The van der Waals surface area contributed by atoms with Crippen LogP contribution in [0.25, 0.3) is 0 Å². The van der Waals surface area contributed by atoms with Gasteiger partial charge in [-0.15, -0.1) is 0 Å². The molecule has 9 nitrogen and oxygen atoms in total.